The minimum Gasteiger partial charge on any atom is -0.381 e. The van der Waals surface area contributed by atoms with Gasteiger partial charge in [-0.1, -0.05) is 0 Å². The first-order valence-electron chi connectivity index (χ1n) is 5.02. The minimum absolute atomic E-state index is 0.613. The Morgan fingerprint density at radius 3 is 2.87 bits per heavy atom. The fourth-order valence-corrected chi connectivity index (χ4v) is 1.90. The highest BCUT2D eigenvalue weighted by Gasteiger charge is 2.18. The number of halogens is 1. The molecule has 0 saturated carbocycles. The van der Waals surface area contributed by atoms with Crippen LogP contribution in [-0.4, -0.2) is 36.8 Å². The van der Waals surface area contributed by atoms with Gasteiger partial charge in [-0.05, 0) is 22.4 Å². The maximum Gasteiger partial charge on any atom is 0.225 e. The standard InChI is InChI=1S/C10H14BrN3O/c1-14(6-8-2-3-15-7-8)10-12-4-9(11)5-13-10/h4-5,8H,2-3,6-7H2,1H3/t8-/m0/s1. The van der Waals surface area contributed by atoms with Gasteiger partial charge in [-0.25, -0.2) is 9.97 Å². The normalized spacial score (nSPS) is 20.5. The van der Waals surface area contributed by atoms with Crippen molar-refractivity contribution < 1.29 is 4.74 Å². The molecule has 1 saturated heterocycles. The lowest BCUT2D eigenvalue weighted by molar-refractivity contribution is 0.186. The third-order valence-corrected chi connectivity index (χ3v) is 2.91. The largest absolute Gasteiger partial charge is 0.381 e. The summed E-state index contributed by atoms with van der Waals surface area (Å²) < 4.78 is 6.24. The van der Waals surface area contributed by atoms with E-state index in [9.17, 15) is 0 Å². The molecule has 82 valence electrons. The fourth-order valence-electron chi connectivity index (χ4n) is 1.70. The first-order valence-corrected chi connectivity index (χ1v) is 5.81. The molecule has 5 heteroatoms. The van der Waals surface area contributed by atoms with Gasteiger partial charge in [-0.15, -0.1) is 0 Å². The highest BCUT2D eigenvalue weighted by molar-refractivity contribution is 9.10. The predicted octanol–water partition coefficient (Wildman–Crippen LogP) is 1.71. The molecule has 0 radical (unpaired) electrons. The van der Waals surface area contributed by atoms with Crippen molar-refractivity contribution in [3.8, 4) is 0 Å². The summed E-state index contributed by atoms with van der Waals surface area (Å²) in [6, 6.07) is 0. The molecular formula is C10H14BrN3O. The van der Waals surface area contributed by atoms with Gasteiger partial charge in [0.15, 0.2) is 0 Å². The molecule has 1 aliphatic rings. The van der Waals surface area contributed by atoms with Crippen molar-refractivity contribution in [2.75, 3.05) is 31.7 Å². The van der Waals surface area contributed by atoms with Gasteiger partial charge >= 0.3 is 0 Å². The molecule has 15 heavy (non-hydrogen) atoms. The van der Waals surface area contributed by atoms with Crippen LogP contribution in [0.1, 0.15) is 6.42 Å². The van der Waals surface area contributed by atoms with Gasteiger partial charge in [0.2, 0.25) is 5.95 Å². The van der Waals surface area contributed by atoms with Gasteiger partial charge in [0, 0.05) is 38.5 Å². The van der Waals surface area contributed by atoms with E-state index < -0.39 is 0 Å². The first kappa shape index (κ1) is 10.8. The lowest BCUT2D eigenvalue weighted by Crippen LogP contribution is -2.27. The predicted molar refractivity (Wildman–Crippen MR) is 61.9 cm³/mol. The van der Waals surface area contributed by atoms with Gasteiger partial charge in [-0.2, -0.15) is 0 Å². The van der Waals surface area contributed by atoms with Gasteiger partial charge in [0.05, 0.1) is 11.1 Å². The Kier molecular flexibility index (Phi) is 3.53. The van der Waals surface area contributed by atoms with Crippen LogP contribution >= 0.6 is 15.9 Å². The van der Waals surface area contributed by atoms with Crippen LogP contribution in [0, 0.1) is 5.92 Å². The Hall–Kier alpha value is -0.680. The van der Waals surface area contributed by atoms with Crippen molar-refractivity contribution in [1.29, 1.82) is 0 Å². The molecule has 0 aliphatic carbocycles. The van der Waals surface area contributed by atoms with E-state index >= 15 is 0 Å². The topological polar surface area (TPSA) is 38.2 Å². The summed E-state index contributed by atoms with van der Waals surface area (Å²) in [6.45, 7) is 2.71. The molecule has 4 nitrogen and oxygen atoms in total. The van der Waals surface area contributed by atoms with E-state index in [1.54, 1.807) is 12.4 Å². The number of aromatic nitrogens is 2. The van der Waals surface area contributed by atoms with Crippen LogP contribution < -0.4 is 4.90 Å². The van der Waals surface area contributed by atoms with E-state index in [0.29, 0.717) is 5.92 Å². The maximum absolute atomic E-state index is 5.34. The van der Waals surface area contributed by atoms with Crippen LogP contribution in [0.5, 0.6) is 0 Å². The second-order valence-corrected chi connectivity index (χ2v) is 4.73. The Balaban J connectivity index is 1.94. The zero-order valence-electron chi connectivity index (χ0n) is 8.69. The van der Waals surface area contributed by atoms with Crippen LogP contribution in [0.25, 0.3) is 0 Å². The van der Waals surface area contributed by atoms with Crippen LogP contribution in [0.15, 0.2) is 16.9 Å². The molecule has 2 rings (SSSR count). The smallest absolute Gasteiger partial charge is 0.225 e. The molecule has 0 amide bonds. The molecular weight excluding hydrogens is 258 g/mol. The number of hydrogen-bond donors (Lipinski definition) is 0. The summed E-state index contributed by atoms with van der Waals surface area (Å²) >= 11 is 3.32. The molecule has 1 aliphatic heterocycles. The van der Waals surface area contributed by atoms with E-state index in [1.807, 2.05) is 7.05 Å². The number of anilines is 1. The molecule has 2 heterocycles. The SMILES string of the molecule is CN(C[C@@H]1CCOC1)c1ncc(Br)cn1. The molecule has 1 atom stereocenters. The second-order valence-electron chi connectivity index (χ2n) is 3.81. The quantitative estimate of drug-likeness (QED) is 0.839. The third kappa shape index (κ3) is 2.89. The Morgan fingerprint density at radius 2 is 2.27 bits per heavy atom. The Morgan fingerprint density at radius 1 is 1.53 bits per heavy atom. The monoisotopic (exact) mass is 271 g/mol. The van der Waals surface area contributed by atoms with Crippen LogP contribution in [0.4, 0.5) is 5.95 Å². The molecule has 0 aromatic carbocycles. The molecule has 0 spiro atoms. The zero-order chi connectivity index (χ0) is 10.7. The summed E-state index contributed by atoms with van der Waals surface area (Å²) in [4.78, 5) is 10.6. The van der Waals surface area contributed by atoms with E-state index in [2.05, 4.69) is 30.8 Å². The summed E-state index contributed by atoms with van der Waals surface area (Å²) in [5, 5.41) is 0. The average molecular weight is 272 g/mol. The average Bonchev–Trinajstić information content (AvgIpc) is 2.71. The van der Waals surface area contributed by atoms with Gasteiger partial charge in [-0.3, -0.25) is 0 Å². The first-order chi connectivity index (χ1) is 7.25. The number of rotatable bonds is 3. The summed E-state index contributed by atoms with van der Waals surface area (Å²) in [5.41, 5.74) is 0. The Bertz CT molecular complexity index is 311. The molecule has 0 N–H and O–H groups in total. The molecule has 1 aromatic rings. The van der Waals surface area contributed by atoms with Crippen LogP contribution in [0.2, 0.25) is 0 Å². The van der Waals surface area contributed by atoms with Crippen LogP contribution in [-0.2, 0) is 4.74 Å². The van der Waals surface area contributed by atoms with E-state index in [0.717, 1.165) is 36.6 Å². The lowest BCUT2D eigenvalue weighted by atomic mass is 10.1. The second kappa shape index (κ2) is 4.90. The van der Waals surface area contributed by atoms with E-state index in [4.69, 9.17) is 4.74 Å². The van der Waals surface area contributed by atoms with Gasteiger partial charge < -0.3 is 9.64 Å². The summed E-state index contributed by atoms with van der Waals surface area (Å²) in [6.07, 6.45) is 4.68. The van der Waals surface area contributed by atoms with E-state index in [1.165, 1.54) is 0 Å². The van der Waals surface area contributed by atoms with Crippen molar-refractivity contribution in [2.24, 2.45) is 5.92 Å². The molecule has 1 aromatic heterocycles. The maximum atomic E-state index is 5.34. The fraction of sp³-hybridized carbons (Fsp3) is 0.600. The number of hydrogen-bond acceptors (Lipinski definition) is 4. The third-order valence-electron chi connectivity index (χ3n) is 2.50. The number of nitrogens with zero attached hydrogens (tertiary/aromatic N) is 3. The molecule has 0 bridgehead atoms. The highest BCUT2D eigenvalue weighted by atomic mass is 79.9. The Labute approximate surface area is 97.8 Å². The summed E-state index contributed by atoms with van der Waals surface area (Å²) in [5.74, 6) is 1.38. The molecule has 0 unspecified atom stereocenters. The zero-order valence-corrected chi connectivity index (χ0v) is 10.3. The van der Waals surface area contributed by atoms with Gasteiger partial charge in [0.1, 0.15) is 0 Å². The lowest BCUT2D eigenvalue weighted by Gasteiger charge is -2.19. The summed E-state index contributed by atoms with van der Waals surface area (Å²) in [7, 11) is 2.02. The van der Waals surface area contributed by atoms with Crippen molar-refractivity contribution in [2.45, 2.75) is 6.42 Å². The van der Waals surface area contributed by atoms with Crippen molar-refractivity contribution in [3.63, 3.8) is 0 Å². The van der Waals surface area contributed by atoms with Crippen molar-refractivity contribution >= 4 is 21.9 Å². The minimum atomic E-state index is 0.613. The molecule has 1 fully saturated rings. The van der Waals surface area contributed by atoms with Crippen LogP contribution in [0.3, 0.4) is 0 Å². The van der Waals surface area contributed by atoms with Gasteiger partial charge in [0.25, 0.3) is 0 Å². The van der Waals surface area contributed by atoms with E-state index in [-0.39, 0.29) is 0 Å². The van der Waals surface area contributed by atoms with Crippen molar-refractivity contribution in [3.05, 3.63) is 16.9 Å². The number of ether oxygens (including phenoxy) is 1. The van der Waals surface area contributed by atoms with Crippen molar-refractivity contribution in [1.82, 2.24) is 9.97 Å². The highest BCUT2D eigenvalue weighted by Crippen LogP contribution is 2.16.